The maximum Gasteiger partial charge on any atom is 0.229 e. The van der Waals surface area contributed by atoms with Crippen molar-refractivity contribution in [2.45, 2.75) is 30.7 Å². The molecule has 10 heteroatoms. The molecule has 4 rings (SSSR count). The molecule has 0 saturated carbocycles. The molecule has 1 aromatic heterocycles. The van der Waals surface area contributed by atoms with Gasteiger partial charge in [0.1, 0.15) is 42.0 Å². The number of aliphatic hydroxyl groups is 4. The largest absolute Gasteiger partial charge is 0.493 e. The summed E-state index contributed by atoms with van der Waals surface area (Å²) in [6.07, 6.45) is -5.74. The van der Waals surface area contributed by atoms with E-state index in [2.05, 4.69) is 0 Å². The Kier molecular flexibility index (Phi) is 6.54. The normalized spacial score (nSPS) is 25.1. The molecule has 0 bridgehead atoms. The number of ether oxygens (including phenoxy) is 4. The summed E-state index contributed by atoms with van der Waals surface area (Å²) in [7, 11) is 3.02. The van der Waals surface area contributed by atoms with Gasteiger partial charge in [-0.3, -0.25) is 4.79 Å². The van der Waals surface area contributed by atoms with Crippen molar-refractivity contribution in [2.75, 3.05) is 20.8 Å². The molecule has 0 amide bonds. The number of hydrogen-bond donors (Lipinski definition) is 4. The molecule has 1 aliphatic heterocycles. The second-order valence-electron chi connectivity index (χ2n) is 7.52. The number of rotatable bonds is 6. The molecule has 3 aromatic rings. The number of aliphatic hydroxyl groups excluding tert-OH is 4. The van der Waals surface area contributed by atoms with Gasteiger partial charge in [0.15, 0.2) is 16.9 Å². The van der Waals surface area contributed by atoms with Crippen LogP contribution >= 0.6 is 0 Å². The third-order valence-electron chi connectivity index (χ3n) is 5.54. The SMILES string of the molecule is COc1ccc(-c2coc3cc(O[C@@H]4OC(CO)[C@@H](O)[C@H](O)C4O)ccc3c2=O)cc1OC. The zero-order valence-corrected chi connectivity index (χ0v) is 17.9. The zero-order valence-electron chi connectivity index (χ0n) is 17.9. The van der Waals surface area contributed by atoms with Gasteiger partial charge < -0.3 is 43.8 Å². The Balaban J connectivity index is 1.63. The lowest BCUT2D eigenvalue weighted by Gasteiger charge is -2.39. The smallest absolute Gasteiger partial charge is 0.229 e. The van der Waals surface area contributed by atoms with Gasteiger partial charge in [-0.2, -0.15) is 0 Å². The molecule has 5 atom stereocenters. The van der Waals surface area contributed by atoms with E-state index < -0.39 is 37.3 Å². The third-order valence-corrected chi connectivity index (χ3v) is 5.54. The molecule has 0 aliphatic carbocycles. The van der Waals surface area contributed by atoms with Gasteiger partial charge >= 0.3 is 0 Å². The third kappa shape index (κ3) is 4.26. The molecule has 1 fully saturated rings. The molecule has 2 heterocycles. The maximum atomic E-state index is 13.1. The van der Waals surface area contributed by atoms with Crippen LogP contribution in [0.5, 0.6) is 17.2 Å². The van der Waals surface area contributed by atoms with Crippen LogP contribution < -0.4 is 19.6 Å². The van der Waals surface area contributed by atoms with Gasteiger partial charge in [-0.05, 0) is 29.8 Å². The Labute approximate surface area is 188 Å². The van der Waals surface area contributed by atoms with Crippen molar-refractivity contribution in [1.29, 1.82) is 0 Å². The van der Waals surface area contributed by atoms with Crippen molar-refractivity contribution in [1.82, 2.24) is 0 Å². The number of benzene rings is 2. The fraction of sp³-hybridized carbons (Fsp3) is 0.348. The summed E-state index contributed by atoms with van der Waals surface area (Å²) in [4.78, 5) is 13.1. The molecule has 2 aromatic carbocycles. The van der Waals surface area contributed by atoms with Crippen LogP contribution in [0.2, 0.25) is 0 Å². The molecule has 4 N–H and O–H groups in total. The topological polar surface area (TPSA) is 148 Å². The molecular formula is C23H24O10. The van der Waals surface area contributed by atoms with Crippen molar-refractivity contribution in [2.24, 2.45) is 0 Å². The van der Waals surface area contributed by atoms with Crippen molar-refractivity contribution in [3.8, 4) is 28.4 Å². The van der Waals surface area contributed by atoms with E-state index in [0.717, 1.165) is 0 Å². The van der Waals surface area contributed by atoms with Gasteiger partial charge in [-0.25, -0.2) is 0 Å². The Hall–Kier alpha value is -3.15. The van der Waals surface area contributed by atoms with Crippen LogP contribution in [0.25, 0.3) is 22.1 Å². The van der Waals surface area contributed by atoms with Gasteiger partial charge in [0, 0.05) is 6.07 Å². The zero-order chi connectivity index (χ0) is 23.7. The lowest BCUT2D eigenvalue weighted by molar-refractivity contribution is -0.277. The van der Waals surface area contributed by atoms with E-state index in [1.807, 2.05) is 0 Å². The van der Waals surface area contributed by atoms with Crippen LogP contribution in [0.1, 0.15) is 0 Å². The van der Waals surface area contributed by atoms with Crippen molar-refractivity contribution in [3.63, 3.8) is 0 Å². The summed E-state index contributed by atoms with van der Waals surface area (Å²) in [5.74, 6) is 1.19. The highest BCUT2D eigenvalue weighted by atomic mass is 16.7. The van der Waals surface area contributed by atoms with Gasteiger partial charge in [0.2, 0.25) is 6.29 Å². The van der Waals surface area contributed by atoms with Crippen molar-refractivity contribution in [3.05, 3.63) is 52.9 Å². The first-order chi connectivity index (χ1) is 15.9. The number of fused-ring (bicyclic) bond motifs is 1. The first-order valence-electron chi connectivity index (χ1n) is 10.1. The fourth-order valence-electron chi connectivity index (χ4n) is 3.68. The van der Waals surface area contributed by atoms with Crippen LogP contribution in [-0.4, -0.2) is 72.0 Å². The quantitative estimate of drug-likeness (QED) is 0.413. The first-order valence-corrected chi connectivity index (χ1v) is 10.1. The van der Waals surface area contributed by atoms with Crippen molar-refractivity contribution < 1.29 is 43.8 Å². The first kappa shape index (κ1) is 23.0. The molecular weight excluding hydrogens is 436 g/mol. The minimum absolute atomic E-state index is 0.189. The van der Waals surface area contributed by atoms with Crippen LogP contribution in [0.15, 0.2) is 51.9 Å². The van der Waals surface area contributed by atoms with Crippen LogP contribution in [0.3, 0.4) is 0 Å². The fourth-order valence-corrected chi connectivity index (χ4v) is 3.68. The Morgan fingerprint density at radius 2 is 1.70 bits per heavy atom. The molecule has 1 aliphatic rings. The molecule has 176 valence electrons. The summed E-state index contributed by atoms with van der Waals surface area (Å²) in [5, 5.41) is 39.5. The number of hydrogen-bond acceptors (Lipinski definition) is 10. The summed E-state index contributed by atoms with van der Waals surface area (Å²) in [6, 6.07) is 9.51. The van der Waals surface area contributed by atoms with E-state index in [1.54, 1.807) is 18.2 Å². The van der Waals surface area contributed by atoms with E-state index in [9.17, 15) is 25.2 Å². The second-order valence-corrected chi connectivity index (χ2v) is 7.52. The number of methoxy groups -OCH3 is 2. The van der Waals surface area contributed by atoms with Gasteiger partial charge in [-0.1, -0.05) is 6.07 Å². The lowest BCUT2D eigenvalue weighted by Crippen LogP contribution is -2.60. The highest BCUT2D eigenvalue weighted by molar-refractivity contribution is 5.83. The van der Waals surface area contributed by atoms with Crippen LogP contribution in [0, 0.1) is 0 Å². The second kappa shape index (κ2) is 9.38. The van der Waals surface area contributed by atoms with Crippen LogP contribution in [0.4, 0.5) is 0 Å². The molecule has 1 saturated heterocycles. The predicted molar refractivity (Wildman–Crippen MR) is 115 cm³/mol. The van der Waals surface area contributed by atoms with Crippen molar-refractivity contribution >= 4 is 11.0 Å². The molecule has 0 spiro atoms. The highest BCUT2D eigenvalue weighted by Gasteiger charge is 2.44. The van der Waals surface area contributed by atoms with E-state index in [1.165, 1.54) is 38.7 Å². The van der Waals surface area contributed by atoms with E-state index in [-0.39, 0.29) is 16.8 Å². The standard InChI is InChI=1S/C23H24O10/c1-29-15-6-3-11(7-17(15)30-2)14-10-31-16-8-12(4-5-13(16)19(14)25)32-23-22(28)21(27)20(26)18(9-24)33-23/h3-8,10,18,20-24,26-28H,9H2,1-2H3/t18?,20-,21+,22?,23-/m1/s1. The maximum absolute atomic E-state index is 13.1. The van der Waals surface area contributed by atoms with E-state index in [4.69, 9.17) is 23.4 Å². The van der Waals surface area contributed by atoms with Gasteiger partial charge in [-0.15, -0.1) is 0 Å². The predicted octanol–water partition coefficient (Wildman–Crippen LogP) is 0.656. The minimum Gasteiger partial charge on any atom is -0.493 e. The van der Waals surface area contributed by atoms with Gasteiger partial charge in [0.25, 0.3) is 0 Å². The molecule has 0 radical (unpaired) electrons. The molecule has 33 heavy (non-hydrogen) atoms. The minimum atomic E-state index is -1.57. The molecule has 2 unspecified atom stereocenters. The summed E-state index contributed by atoms with van der Waals surface area (Å²) < 4.78 is 27.1. The Morgan fingerprint density at radius 1 is 0.939 bits per heavy atom. The van der Waals surface area contributed by atoms with Gasteiger partial charge in [0.05, 0.1) is 31.8 Å². The van der Waals surface area contributed by atoms with E-state index in [0.29, 0.717) is 28.0 Å². The highest BCUT2D eigenvalue weighted by Crippen LogP contribution is 2.32. The average Bonchev–Trinajstić information content (AvgIpc) is 2.84. The molecule has 10 nitrogen and oxygen atoms in total. The Morgan fingerprint density at radius 3 is 2.39 bits per heavy atom. The Bertz CT molecular complexity index is 1190. The average molecular weight is 460 g/mol. The van der Waals surface area contributed by atoms with Crippen LogP contribution in [-0.2, 0) is 4.74 Å². The summed E-state index contributed by atoms with van der Waals surface area (Å²) in [5.41, 5.74) is 0.866. The summed E-state index contributed by atoms with van der Waals surface area (Å²) >= 11 is 0. The monoisotopic (exact) mass is 460 g/mol. The lowest BCUT2D eigenvalue weighted by atomic mass is 9.99. The summed E-state index contributed by atoms with van der Waals surface area (Å²) in [6.45, 7) is -0.573. The van der Waals surface area contributed by atoms with E-state index >= 15 is 0 Å².